The van der Waals surface area contributed by atoms with E-state index in [4.69, 9.17) is 15.6 Å². The normalized spacial score (nSPS) is 13.1. The maximum absolute atomic E-state index is 15.0. The Balaban J connectivity index is 2.00. The van der Waals surface area contributed by atoms with Gasteiger partial charge in [0, 0.05) is 23.4 Å². The summed E-state index contributed by atoms with van der Waals surface area (Å²) in [6.07, 6.45) is 2.94. The molecule has 4 rings (SSSR count). The highest BCUT2D eigenvalue weighted by atomic mass is 19.1. The van der Waals surface area contributed by atoms with Crippen molar-refractivity contribution in [1.82, 2.24) is 4.57 Å². The Labute approximate surface area is 166 Å². The zero-order chi connectivity index (χ0) is 20.5. The lowest BCUT2D eigenvalue weighted by atomic mass is 9.93. The molecular formula is C22H19FN2O4. The molecule has 1 heterocycles. The van der Waals surface area contributed by atoms with Gasteiger partial charge in [-0.1, -0.05) is 36.4 Å². The smallest absolute Gasteiger partial charge is 0.341 e. The molecule has 1 amide bonds. The molecule has 1 aliphatic carbocycles. The van der Waals surface area contributed by atoms with Crippen LogP contribution in [0.25, 0.3) is 16.5 Å². The number of allylic oxidation sites excluding steroid dienone is 1. The number of carbonyl (C=O) groups excluding carboxylic acids is 1. The highest BCUT2D eigenvalue weighted by Gasteiger charge is 2.29. The van der Waals surface area contributed by atoms with Gasteiger partial charge < -0.3 is 20.1 Å². The first-order chi connectivity index (χ1) is 14.0. The largest absolute Gasteiger partial charge is 0.481 e. The number of aromatic nitrogens is 1. The minimum Gasteiger partial charge on any atom is -0.481 e. The molecule has 0 aliphatic heterocycles. The lowest BCUT2D eigenvalue weighted by molar-refractivity contribution is -0.139. The van der Waals surface area contributed by atoms with E-state index in [1.807, 2.05) is 34.9 Å². The van der Waals surface area contributed by atoms with Crippen LogP contribution in [0.4, 0.5) is 4.39 Å². The number of nitrogens with zero attached hydrogens (tertiary/aromatic N) is 1. The van der Waals surface area contributed by atoms with E-state index >= 15 is 4.39 Å². The Kier molecular flexibility index (Phi) is 4.80. The standard InChI is InChI=1S/C22H19FN2O4/c23-15-9-10-17(29-12-18(26)27)20-19-14(22(24)28)7-4-8-16(19)25(21(15)20)11-13-5-2-1-3-6-13/h1-3,5-7,9-10H,4,8,11-12H2,(H2,24,28)(H,26,27). The van der Waals surface area contributed by atoms with Gasteiger partial charge >= 0.3 is 5.97 Å². The van der Waals surface area contributed by atoms with Crippen LogP contribution in [0.2, 0.25) is 0 Å². The van der Waals surface area contributed by atoms with E-state index in [1.54, 1.807) is 6.08 Å². The van der Waals surface area contributed by atoms with Gasteiger partial charge in [-0.15, -0.1) is 0 Å². The van der Waals surface area contributed by atoms with E-state index in [1.165, 1.54) is 12.1 Å². The van der Waals surface area contributed by atoms with Gasteiger partial charge in [0.05, 0.1) is 10.9 Å². The van der Waals surface area contributed by atoms with Crippen molar-refractivity contribution < 1.29 is 23.8 Å². The third-order valence-corrected chi connectivity index (χ3v) is 5.02. The molecule has 2 aromatic carbocycles. The second kappa shape index (κ2) is 7.43. The van der Waals surface area contributed by atoms with Gasteiger partial charge in [-0.25, -0.2) is 9.18 Å². The van der Waals surface area contributed by atoms with Crippen molar-refractivity contribution in [2.75, 3.05) is 6.61 Å². The second-order valence-corrected chi connectivity index (χ2v) is 6.87. The first kappa shape index (κ1) is 18.7. The van der Waals surface area contributed by atoms with Crippen molar-refractivity contribution in [2.24, 2.45) is 5.73 Å². The monoisotopic (exact) mass is 394 g/mol. The summed E-state index contributed by atoms with van der Waals surface area (Å²) in [6, 6.07) is 12.2. The Morgan fingerprint density at radius 3 is 2.62 bits per heavy atom. The molecule has 7 heteroatoms. The molecule has 29 heavy (non-hydrogen) atoms. The van der Waals surface area contributed by atoms with Gasteiger partial charge in [0.2, 0.25) is 5.91 Å². The number of hydrogen-bond acceptors (Lipinski definition) is 3. The summed E-state index contributed by atoms with van der Waals surface area (Å²) in [5, 5.41) is 9.37. The van der Waals surface area contributed by atoms with Crippen molar-refractivity contribution >= 4 is 28.4 Å². The molecule has 0 bridgehead atoms. The van der Waals surface area contributed by atoms with Crippen LogP contribution in [0.5, 0.6) is 5.75 Å². The zero-order valence-electron chi connectivity index (χ0n) is 15.5. The van der Waals surface area contributed by atoms with Crippen molar-refractivity contribution in [1.29, 1.82) is 0 Å². The fraction of sp³-hybridized carbons (Fsp3) is 0.182. The van der Waals surface area contributed by atoms with Crippen LogP contribution >= 0.6 is 0 Å². The fourth-order valence-electron chi connectivity index (χ4n) is 3.90. The Morgan fingerprint density at radius 2 is 1.93 bits per heavy atom. The number of nitrogens with two attached hydrogens (primary N) is 1. The third-order valence-electron chi connectivity index (χ3n) is 5.02. The highest BCUT2D eigenvalue weighted by Crippen LogP contribution is 2.42. The maximum atomic E-state index is 15.0. The number of hydrogen-bond donors (Lipinski definition) is 2. The molecular weight excluding hydrogens is 375 g/mol. The molecule has 0 spiro atoms. The Bertz CT molecular complexity index is 1150. The van der Waals surface area contributed by atoms with E-state index in [9.17, 15) is 9.59 Å². The van der Waals surface area contributed by atoms with Crippen molar-refractivity contribution in [3.63, 3.8) is 0 Å². The minimum absolute atomic E-state index is 0.209. The number of ether oxygens (including phenoxy) is 1. The summed E-state index contributed by atoms with van der Waals surface area (Å²) in [7, 11) is 0. The van der Waals surface area contributed by atoms with Crippen LogP contribution in [0.15, 0.2) is 48.5 Å². The Hall–Kier alpha value is -3.61. The van der Waals surface area contributed by atoms with Gasteiger partial charge in [0.1, 0.15) is 11.6 Å². The van der Waals surface area contributed by atoms with E-state index < -0.39 is 24.3 Å². The number of aliphatic carboxylic acids is 1. The van der Waals surface area contributed by atoms with Gasteiger partial charge in [-0.2, -0.15) is 0 Å². The number of carboxylic acid groups (broad SMARTS) is 1. The van der Waals surface area contributed by atoms with Crippen LogP contribution in [-0.4, -0.2) is 28.2 Å². The molecule has 0 unspecified atom stereocenters. The summed E-state index contributed by atoms with van der Waals surface area (Å²) in [5.41, 5.74) is 8.45. The highest BCUT2D eigenvalue weighted by molar-refractivity contribution is 6.23. The summed E-state index contributed by atoms with van der Waals surface area (Å²) >= 11 is 0. The Morgan fingerprint density at radius 1 is 1.17 bits per heavy atom. The molecule has 3 N–H and O–H groups in total. The molecule has 0 atom stereocenters. The quantitative estimate of drug-likeness (QED) is 0.672. The predicted octanol–water partition coefficient (Wildman–Crippen LogP) is 3.11. The molecule has 0 radical (unpaired) electrons. The molecule has 3 aromatic rings. The molecule has 6 nitrogen and oxygen atoms in total. The molecule has 1 aromatic heterocycles. The van der Waals surface area contributed by atoms with Crippen molar-refractivity contribution in [3.05, 3.63) is 71.2 Å². The number of carboxylic acids is 1. The second-order valence-electron chi connectivity index (χ2n) is 6.87. The summed E-state index contributed by atoms with van der Waals surface area (Å²) in [4.78, 5) is 23.1. The van der Waals surface area contributed by atoms with Crippen molar-refractivity contribution in [3.8, 4) is 5.75 Å². The maximum Gasteiger partial charge on any atom is 0.341 e. The van der Waals surface area contributed by atoms with Gasteiger partial charge in [-0.3, -0.25) is 4.79 Å². The van der Waals surface area contributed by atoms with Crippen LogP contribution in [0, 0.1) is 5.82 Å². The topological polar surface area (TPSA) is 94.6 Å². The zero-order valence-corrected chi connectivity index (χ0v) is 15.5. The van der Waals surface area contributed by atoms with E-state index in [0.717, 1.165) is 11.3 Å². The lowest BCUT2D eigenvalue weighted by Crippen LogP contribution is -2.17. The van der Waals surface area contributed by atoms with Gasteiger partial charge in [0.15, 0.2) is 6.61 Å². The van der Waals surface area contributed by atoms with Crippen LogP contribution in [0.3, 0.4) is 0 Å². The third kappa shape index (κ3) is 3.35. The van der Waals surface area contributed by atoms with E-state index in [2.05, 4.69) is 0 Å². The summed E-state index contributed by atoms with van der Waals surface area (Å²) in [5.74, 6) is -2.03. The molecule has 0 saturated carbocycles. The number of carbonyl (C=O) groups is 2. The first-order valence-corrected chi connectivity index (χ1v) is 9.19. The summed E-state index contributed by atoms with van der Waals surface area (Å²) < 4.78 is 22.3. The number of fused-ring (bicyclic) bond motifs is 3. The van der Waals surface area contributed by atoms with Gasteiger partial charge in [-0.05, 0) is 30.5 Å². The van der Waals surface area contributed by atoms with Crippen LogP contribution in [-0.2, 0) is 22.6 Å². The van der Waals surface area contributed by atoms with E-state index in [0.29, 0.717) is 35.9 Å². The number of rotatable bonds is 6. The minimum atomic E-state index is -1.15. The predicted molar refractivity (Wildman–Crippen MR) is 106 cm³/mol. The molecule has 0 saturated heterocycles. The average molecular weight is 394 g/mol. The number of halogens is 1. The number of benzene rings is 2. The lowest BCUT2D eigenvalue weighted by Gasteiger charge is -2.16. The number of primary amides is 1. The first-order valence-electron chi connectivity index (χ1n) is 9.19. The van der Waals surface area contributed by atoms with Crippen molar-refractivity contribution in [2.45, 2.75) is 19.4 Å². The summed E-state index contributed by atoms with van der Waals surface area (Å²) in [6.45, 7) is -0.174. The molecule has 148 valence electrons. The molecule has 1 aliphatic rings. The SMILES string of the molecule is NC(=O)C1=CCCc2c1c1c(OCC(=O)O)ccc(F)c1n2Cc1ccccc1. The fourth-order valence-corrected chi connectivity index (χ4v) is 3.90. The molecule has 0 fully saturated rings. The number of amides is 1. The average Bonchev–Trinajstić information content (AvgIpc) is 3.03. The van der Waals surface area contributed by atoms with Gasteiger partial charge in [0.25, 0.3) is 0 Å². The van der Waals surface area contributed by atoms with Crippen LogP contribution in [0.1, 0.15) is 23.2 Å². The van der Waals surface area contributed by atoms with E-state index in [-0.39, 0.29) is 11.3 Å². The van der Waals surface area contributed by atoms with Crippen LogP contribution < -0.4 is 10.5 Å².